The summed E-state index contributed by atoms with van der Waals surface area (Å²) in [6, 6.07) is 4.00. The third kappa shape index (κ3) is 2.60. The highest BCUT2D eigenvalue weighted by Crippen LogP contribution is 2.35. The Labute approximate surface area is 137 Å². The van der Waals surface area contributed by atoms with Crippen LogP contribution in [-0.2, 0) is 0 Å². The quantitative estimate of drug-likeness (QED) is 0.796. The van der Waals surface area contributed by atoms with Crippen LogP contribution in [0.25, 0.3) is 11.1 Å². The number of nitrogens with zero attached hydrogens (tertiary/aromatic N) is 4. The van der Waals surface area contributed by atoms with Crippen LogP contribution in [0, 0.1) is 12.8 Å². The van der Waals surface area contributed by atoms with Crippen molar-refractivity contribution < 1.29 is 9.63 Å². The summed E-state index contributed by atoms with van der Waals surface area (Å²) >= 11 is 1.62. The summed E-state index contributed by atoms with van der Waals surface area (Å²) in [5.74, 6) is 1.18. The van der Waals surface area contributed by atoms with Crippen LogP contribution in [0.1, 0.15) is 29.5 Å². The summed E-state index contributed by atoms with van der Waals surface area (Å²) in [5.41, 5.74) is 1.35. The smallest absolute Gasteiger partial charge is 0.263 e. The van der Waals surface area contributed by atoms with E-state index in [0.29, 0.717) is 11.6 Å². The van der Waals surface area contributed by atoms with Gasteiger partial charge in [-0.2, -0.15) is 4.98 Å². The van der Waals surface area contributed by atoms with E-state index in [2.05, 4.69) is 20.0 Å². The van der Waals surface area contributed by atoms with Gasteiger partial charge in [-0.25, -0.2) is 4.98 Å². The van der Waals surface area contributed by atoms with Crippen molar-refractivity contribution in [3.8, 4) is 0 Å². The molecule has 1 N–H and O–H groups in total. The Morgan fingerprint density at radius 2 is 2.17 bits per heavy atom. The molecule has 3 aromatic heterocycles. The lowest BCUT2D eigenvalue weighted by molar-refractivity contribution is 0.0961. The maximum absolute atomic E-state index is 10.5. The maximum Gasteiger partial charge on any atom is 0.263 e. The van der Waals surface area contributed by atoms with Crippen LogP contribution in [0.15, 0.2) is 28.4 Å². The average molecular weight is 330 g/mol. The van der Waals surface area contributed by atoms with Gasteiger partial charge in [-0.3, -0.25) is 0 Å². The lowest BCUT2D eigenvalue weighted by atomic mass is 9.90. The minimum atomic E-state index is -0.361. The van der Waals surface area contributed by atoms with Crippen LogP contribution in [0.2, 0.25) is 0 Å². The van der Waals surface area contributed by atoms with Gasteiger partial charge in [0.15, 0.2) is 0 Å². The number of aryl methyl sites for hydroxylation is 1. The van der Waals surface area contributed by atoms with E-state index in [9.17, 15) is 5.11 Å². The summed E-state index contributed by atoms with van der Waals surface area (Å²) in [4.78, 5) is 11.9. The van der Waals surface area contributed by atoms with Gasteiger partial charge >= 0.3 is 0 Å². The van der Waals surface area contributed by atoms with Gasteiger partial charge in [0, 0.05) is 18.0 Å². The number of aliphatic hydroxyl groups is 1. The van der Waals surface area contributed by atoms with E-state index in [-0.39, 0.29) is 6.10 Å². The summed E-state index contributed by atoms with van der Waals surface area (Å²) in [5, 5.41) is 17.4. The van der Waals surface area contributed by atoms with E-state index in [4.69, 9.17) is 4.52 Å². The highest BCUT2D eigenvalue weighted by molar-refractivity contribution is 7.10. The first kappa shape index (κ1) is 14.6. The molecule has 4 rings (SSSR count). The Balaban J connectivity index is 1.52. The number of thiophene rings is 1. The molecule has 0 spiro atoms. The van der Waals surface area contributed by atoms with Gasteiger partial charge in [-0.05, 0) is 37.1 Å². The van der Waals surface area contributed by atoms with Crippen molar-refractivity contribution in [2.45, 2.75) is 25.9 Å². The first-order chi connectivity index (χ1) is 11.2. The van der Waals surface area contributed by atoms with Crippen molar-refractivity contribution in [1.82, 2.24) is 15.1 Å². The second kappa shape index (κ2) is 5.90. The molecule has 0 bridgehead atoms. The monoisotopic (exact) mass is 330 g/mol. The predicted octanol–water partition coefficient (Wildman–Crippen LogP) is 2.94. The van der Waals surface area contributed by atoms with Crippen molar-refractivity contribution in [3.63, 3.8) is 0 Å². The molecular formula is C16H18N4O2S. The van der Waals surface area contributed by atoms with Gasteiger partial charge < -0.3 is 14.5 Å². The molecule has 7 heteroatoms. The highest BCUT2D eigenvalue weighted by atomic mass is 32.1. The molecule has 1 fully saturated rings. The number of rotatable bonds is 3. The third-order valence-electron chi connectivity index (χ3n) is 4.54. The summed E-state index contributed by atoms with van der Waals surface area (Å²) in [7, 11) is 0. The van der Waals surface area contributed by atoms with Crippen molar-refractivity contribution in [3.05, 3.63) is 34.4 Å². The standard InChI is InChI=1S/C16H18N4O2S/c1-10-13-15(17-9-18-16(13)22-19-10)20-6-4-11(5-7-20)14(21)12-3-2-8-23-12/h2-3,8-9,11,14,21H,4-7H2,1H3/t14-/m1/s1. The van der Waals surface area contributed by atoms with Crippen LogP contribution < -0.4 is 4.90 Å². The zero-order valence-corrected chi connectivity index (χ0v) is 13.7. The Morgan fingerprint density at radius 1 is 1.35 bits per heavy atom. The third-order valence-corrected chi connectivity index (χ3v) is 5.49. The number of aliphatic hydroxyl groups excluding tert-OH is 1. The normalized spacial score (nSPS) is 17.7. The molecule has 0 aliphatic carbocycles. The largest absolute Gasteiger partial charge is 0.387 e. The Morgan fingerprint density at radius 3 is 2.91 bits per heavy atom. The van der Waals surface area contributed by atoms with Gasteiger partial charge in [0.2, 0.25) is 0 Å². The van der Waals surface area contributed by atoms with E-state index in [1.165, 1.54) is 6.33 Å². The maximum atomic E-state index is 10.5. The van der Waals surface area contributed by atoms with E-state index >= 15 is 0 Å². The van der Waals surface area contributed by atoms with E-state index < -0.39 is 0 Å². The fourth-order valence-electron chi connectivity index (χ4n) is 3.26. The minimum absolute atomic E-state index is 0.297. The molecule has 1 aliphatic heterocycles. The Kier molecular flexibility index (Phi) is 3.74. The van der Waals surface area contributed by atoms with Crippen LogP contribution in [0.5, 0.6) is 0 Å². The molecule has 0 radical (unpaired) electrons. The van der Waals surface area contributed by atoms with Crippen molar-refractivity contribution in [1.29, 1.82) is 0 Å². The molecule has 0 saturated carbocycles. The van der Waals surface area contributed by atoms with Gasteiger partial charge in [0.05, 0.1) is 11.8 Å². The fraction of sp³-hybridized carbons (Fsp3) is 0.438. The number of piperidine rings is 1. The van der Waals surface area contributed by atoms with Crippen LogP contribution >= 0.6 is 11.3 Å². The Bertz CT molecular complexity index is 794. The first-order valence-corrected chi connectivity index (χ1v) is 8.65. The van der Waals surface area contributed by atoms with Crippen LogP contribution in [0.4, 0.5) is 5.82 Å². The van der Waals surface area contributed by atoms with Crippen molar-refractivity contribution in [2.75, 3.05) is 18.0 Å². The summed E-state index contributed by atoms with van der Waals surface area (Å²) < 4.78 is 5.22. The summed E-state index contributed by atoms with van der Waals surface area (Å²) in [6.45, 7) is 3.64. The molecule has 120 valence electrons. The molecular weight excluding hydrogens is 312 g/mol. The second-order valence-electron chi connectivity index (χ2n) is 5.93. The molecule has 0 aromatic carbocycles. The zero-order valence-electron chi connectivity index (χ0n) is 12.8. The zero-order chi connectivity index (χ0) is 15.8. The van der Waals surface area contributed by atoms with Gasteiger partial charge in [-0.1, -0.05) is 11.2 Å². The highest BCUT2D eigenvalue weighted by Gasteiger charge is 2.28. The van der Waals surface area contributed by atoms with Crippen molar-refractivity contribution in [2.24, 2.45) is 5.92 Å². The molecule has 4 heterocycles. The molecule has 0 amide bonds. The lowest BCUT2D eigenvalue weighted by Crippen LogP contribution is -2.36. The van der Waals surface area contributed by atoms with Crippen LogP contribution in [0.3, 0.4) is 0 Å². The molecule has 23 heavy (non-hydrogen) atoms. The second-order valence-corrected chi connectivity index (χ2v) is 6.91. The molecule has 1 aliphatic rings. The number of fused-ring (bicyclic) bond motifs is 1. The lowest BCUT2D eigenvalue weighted by Gasteiger charge is -2.34. The minimum Gasteiger partial charge on any atom is -0.387 e. The van der Waals surface area contributed by atoms with Gasteiger partial charge in [0.1, 0.15) is 17.5 Å². The van der Waals surface area contributed by atoms with Gasteiger partial charge in [-0.15, -0.1) is 11.3 Å². The number of hydrogen-bond acceptors (Lipinski definition) is 7. The molecule has 6 nitrogen and oxygen atoms in total. The molecule has 0 unspecified atom stereocenters. The first-order valence-electron chi connectivity index (χ1n) is 7.77. The van der Waals surface area contributed by atoms with E-state index in [1.54, 1.807) is 11.3 Å². The van der Waals surface area contributed by atoms with Gasteiger partial charge in [0.25, 0.3) is 5.71 Å². The average Bonchev–Trinajstić information content (AvgIpc) is 3.25. The number of hydrogen-bond donors (Lipinski definition) is 1. The molecule has 1 saturated heterocycles. The van der Waals surface area contributed by atoms with E-state index in [1.807, 2.05) is 24.4 Å². The summed E-state index contributed by atoms with van der Waals surface area (Å²) in [6.07, 6.45) is 3.04. The Hall–Kier alpha value is -1.99. The molecule has 1 atom stereocenters. The SMILES string of the molecule is Cc1noc2ncnc(N3CCC([C@@H](O)c4cccs4)CC3)c12. The fourth-order valence-corrected chi connectivity index (χ4v) is 4.07. The van der Waals surface area contributed by atoms with Crippen molar-refractivity contribution >= 4 is 28.3 Å². The number of aromatic nitrogens is 3. The topological polar surface area (TPSA) is 75.3 Å². The molecule has 3 aromatic rings. The van der Waals surface area contributed by atoms with Crippen LogP contribution in [-0.4, -0.2) is 33.3 Å². The van der Waals surface area contributed by atoms with E-state index in [0.717, 1.165) is 47.7 Å². The predicted molar refractivity (Wildman–Crippen MR) is 88.6 cm³/mol. The number of anilines is 1.